The molecule has 0 bridgehead atoms. The van der Waals surface area contributed by atoms with Gasteiger partial charge in [-0.1, -0.05) is 23.9 Å². The summed E-state index contributed by atoms with van der Waals surface area (Å²) < 4.78 is 16.4. The van der Waals surface area contributed by atoms with Crippen LogP contribution < -0.4 is 25.4 Å². The van der Waals surface area contributed by atoms with Gasteiger partial charge in [0.05, 0.1) is 53.8 Å². The lowest BCUT2D eigenvalue weighted by Crippen LogP contribution is -2.31. The molecule has 1 aliphatic heterocycles. The van der Waals surface area contributed by atoms with Crippen molar-refractivity contribution in [3.8, 4) is 17.6 Å². The van der Waals surface area contributed by atoms with Gasteiger partial charge in [0.1, 0.15) is 23.0 Å². The second kappa shape index (κ2) is 12.3. The van der Waals surface area contributed by atoms with E-state index >= 15 is 0 Å². The van der Waals surface area contributed by atoms with E-state index in [1.54, 1.807) is 81.6 Å². The van der Waals surface area contributed by atoms with Gasteiger partial charge in [0.15, 0.2) is 0 Å². The van der Waals surface area contributed by atoms with Gasteiger partial charge in [0.25, 0.3) is 5.91 Å². The van der Waals surface area contributed by atoms with E-state index in [1.165, 1.54) is 18.9 Å². The minimum atomic E-state index is -0.771. The topological polar surface area (TPSA) is 126 Å². The molecule has 39 heavy (non-hydrogen) atoms. The van der Waals surface area contributed by atoms with Crippen molar-refractivity contribution < 1.29 is 23.5 Å². The van der Waals surface area contributed by atoms with Gasteiger partial charge in [-0.25, -0.2) is 0 Å². The number of amides is 2. The molecular formula is C29H28N4O5S. The highest BCUT2D eigenvalue weighted by Crippen LogP contribution is 2.42. The molecule has 0 spiro atoms. The van der Waals surface area contributed by atoms with Crippen LogP contribution >= 0.6 is 11.8 Å². The molecule has 0 saturated carbocycles. The number of furan rings is 1. The largest absolute Gasteiger partial charge is 0.497 e. The monoisotopic (exact) mass is 544 g/mol. The molecule has 3 N–H and O–H groups in total. The number of hydrogen-bond acceptors (Lipinski definition) is 8. The van der Waals surface area contributed by atoms with Gasteiger partial charge >= 0.3 is 0 Å². The highest BCUT2D eigenvalue weighted by molar-refractivity contribution is 8.03. The zero-order chi connectivity index (χ0) is 27.9. The number of benzene rings is 2. The summed E-state index contributed by atoms with van der Waals surface area (Å²) >= 11 is 1.18. The van der Waals surface area contributed by atoms with Crippen molar-refractivity contribution >= 4 is 35.0 Å². The minimum Gasteiger partial charge on any atom is -0.497 e. The summed E-state index contributed by atoms with van der Waals surface area (Å²) in [6.45, 7) is 3.55. The summed E-state index contributed by atoms with van der Waals surface area (Å²) in [5.41, 5.74) is 2.28. The van der Waals surface area contributed by atoms with Crippen LogP contribution in [0.15, 0.2) is 87.0 Å². The maximum Gasteiger partial charge on any atom is 0.254 e. The average Bonchev–Trinajstić information content (AvgIpc) is 3.37. The van der Waals surface area contributed by atoms with E-state index in [0.29, 0.717) is 50.7 Å². The summed E-state index contributed by atoms with van der Waals surface area (Å²) in [5, 5.41) is 19.6. The van der Waals surface area contributed by atoms with Gasteiger partial charge in [-0.05, 0) is 62.4 Å². The standard InChI is InChI=1S/C29H28N4O5S/c1-17-9-14-24(38-17)27-21(15-30)29(39-16-25(34)32-19-10-12-20(36-3)13-11-19)31-18(2)26(27)28(35)33-22-7-5-6-8-23(22)37-4/h5-14,27,31H,16H2,1-4H3,(H,32,34)(H,33,35)/t27-/m1/s1. The Morgan fingerprint density at radius 1 is 1.03 bits per heavy atom. The molecule has 0 radical (unpaired) electrons. The van der Waals surface area contributed by atoms with E-state index in [-0.39, 0.29) is 17.2 Å². The molecule has 2 aromatic carbocycles. The first-order valence-corrected chi connectivity index (χ1v) is 13.0. The van der Waals surface area contributed by atoms with Crippen molar-refractivity contribution in [1.82, 2.24) is 5.32 Å². The van der Waals surface area contributed by atoms with E-state index in [9.17, 15) is 14.9 Å². The van der Waals surface area contributed by atoms with Gasteiger partial charge in [0.2, 0.25) is 5.91 Å². The number of nitriles is 1. The lowest BCUT2D eigenvalue weighted by atomic mass is 9.85. The molecule has 3 aromatic rings. The third-order valence-corrected chi connectivity index (χ3v) is 7.03. The Morgan fingerprint density at radius 3 is 2.41 bits per heavy atom. The van der Waals surface area contributed by atoms with Crippen LogP contribution in [0.2, 0.25) is 0 Å². The van der Waals surface area contributed by atoms with Crippen LogP contribution in [0, 0.1) is 18.3 Å². The van der Waals surface area contributed by atoms with Gasteiger partial charge in [-0.2, -0.15) is 5.26 Å². The van der Waals surface area contributed by atoms with E-state index in [2.05, 4.69) is 22.0 Å². The number of nitrogens with zero attached hydrogens (tertiary/aromatic N) is 1. The Bertz CT molecular complexity index is 1480. The zero-order valence-electron chi connectivity index (χ0n) is 22.0. The highest BCUT2D eigenvalue weighted by Gasteiger charge is 2.37. The first-order chi connectivity index (χ1) is 18.8. The number of para-hydroxylation sites is 2. The average molecular weight is 545 g/mol. The molecule has 1 atom stereocenters. The number of thioether (sulfide) groups is 1. The van der Waals surface area contributed by atoms with Crippen molar-refractivity contribution in [2.24, 2.45) is 0 Å². The van der Waals surface area contributed by atoms with Crippen molar-refractivity contribution in [2.75, 3.05) is 30.6 Å². The van der Waals surface area contributed by atoms with E-state index in [1.807, 2.05) is 0 Å². The molecular weight excluding hydrogens is 516 g/mol. The Kier molecular flexibility index (Phi) is 8.63. The SMILES string of the molecule is COc1ccc(NC(=O)CSC2=C(C#N)[C@H](c3ccc(C)o3)C(C(=O)Nc3ccccc3OC)=C(C)N2)cc1. The Labute approximate surface area is 230 Å². The van der Waals surface area contributed by atoms with Crippen LogP contribution in [0.25, 0.3) is 0 Å². The fourth-order valence-corrected chi connectivity index (χ4v) is 5.06. The predicted molar refractivity (Wildman–Crippen MR) is 150 cm³/mol. The molecule has 2 heterocycles. The Hall–Kier alpha value is -4.62. The Balaban J connectivity index is 1.59. The maximum absolute atomic E-state index is 13.6. The molecule has 10 heteroatoms. The number of methoxy groups -OCH3 is 2. The molecule has 1 aromatic heterocycles. The van der Waals surface area contributed by atoms with Crippen LogP contribution in [0.1, 0.15) is 24.4 Å². The van der Waals surface area contributed by atoms with Crippen molar-refractivity contribution in [1.29, 1.82) is 5.26 Å². The van der Waals surface area contributed by atoms with Gasteiger partial charge in [-0.15, -0.1) is 0 Å². The second-order valence-corrected chi connectivity index (χ2v) is 9.61. The smallest absolute Gasteiger partial charge is 0.254 e. The molecule has 2 amide bonds. The number of rotatable bonds is 9. The van der Waals surface area contributed by atoms with E-state index in [4.69, 9.17) is 13.9 Å². The fourth-order valence-electron chi connectivity index (χ4n) is 4.17. The number of hydrogen-bond donors (Lipinski definition) is 3. The van der Waals surface area contributed by atoms with Gasteiger partial charge in [0, 0.05) is 11.4 Å². The predicted octanol–water partition coefficient (Wildman–Crippen LogP) is 5.31. The number of dihydropyridines is 1. The summed E-state index contributed by atoms with van der Waals surface area (Å²) in [4.78, 5) is 26.3. The van der Waals surface area contributed by atoms with Crippen LogP contribution in [-0.2, 0) is 9.59 Å². The summed E-state index contributed by atoms with van der Waals surface area (Å²) in [5.74, 6) is 0.914. The molecule has 200 valence electrons. The third-order valence-electron chi connectivity index (χ3n) is 6.01. The summed E-state index contributed by atoms with van der Waals surface area (Å²) in [6.07, 6.45) is 0. The van der Waals surface area contributed by atoms with E-state index < -0.39 is 11.8 Å². The number of anilines is 2. The lowest BCUT2D eigenvalue weighted by Gasteiger charge is -2.28. The van der Waals surface area contributed by atoms with Crippen LogP contribution in [-0.4, -0.2) is 31.8 Å². The summed E-state index contributed by atoms with van der Waals surface area (Å²) in [7, 11) is 3.10. The number of carbonyl (C=O) groups excluding carboxylic acids is 2. The molecule has 4 rings (SSSR count). The second-order valence-electron chi connectivity index (χ2n) is 8.62. The maximum atomic E-state index is 13.6. The normalized spacial score (nSPS) is 14.8. The van der Waals surface area contributed by atoms with E-state index in [0.717, 1.165) is 0 Å². The lowest BCUT2D eigenvalue weighted by molar-refractivity contribution is -0.114. The summed E-state index contributed by atoms with van der Waals surface area (Å²) in [6, 6.07) is 19.9. The van der Waals surface area contributed by atoms with Crippen molar-refractivity contribution in [3.05, 3.63) is 94.1 Å². The number of carbonyl (C=O) groups is 2. The van der Waals surface area contributed by atoms with Crippen LogP contribution in [0.5, 0.6) is 11.5 Å². The van der Waals surface area contributed by atoms with Gasteiger partial charge in [-0.3, -0.25) is 9.59 Å². The molecule has 1 aliphatic rings. The van der Waals surface area contributed by atoms with Crippen molar-refractivity contribution in [2.45, 2.75) is 19.8 Å². The van der Waals surface area contributed by atoms with Crippen LogP contribution in [0.4, 0.5) is 11.4 Å². The first kappa shape index (κ1) is 27.4. The molecule has 0 fully saturated rings. The first-order valence-electron chi connectivity index (χ1n) is 12.0. The van der Waals surface area contributed by atoms with Crippen molar-refractivity contribution in [3.63, 3.8) is 0 Å². The zero-order valence-corrected chi connectivity index (χ0v) is 22.8. The third kappa shape index (κ3) is 6.27. The fraction of sp³-hybridized carbons (Fsp3) is 0.207. The molecule has 0 unspecified atom stereocenters. The minimum absolute atomic E-state index is 0.0411. The quantitative estimate of drug-likeness (QED) is 0.331. The molecule has 0 aliphatic carbocycles. The molecule has 0 saturated heterocycles. The van der Waals surface area contributed by atoms with Gasteiger partial charge < -0.3 is 29.8 Å². The number of allylic oxidation sites excluding steroid dienone is 2. The van der Waals surface area contributed by atoms with Crippen LogP contribution in [0.3, 0.4) is 0 Å². The number of ether oxygens (including phenoxy) is 2. The number of nitrogens with one attached hydrogen (secondary N) is 3. The Morgan fingerprint density at radius 2 is 1.77 bits per heavy atom. The molecule has 9 nitrogen and oxygen atoms in total. The number of aryl methyl sites for hydroxylation is 1. The highest BCUT2D eigenvalue weighted by atomic mass is 32.2.